The Labute approximate surface area is 134 Å². The number of nitrogens with zero attached hydrogens (tertiary/aromatic N) is 3. The Morgan fingerprint density at radius 3 is 3.00 bits per heavy atom. The highest BCUT2D eigenvalue weighted by atomic mass is 16.5. The molecular weight excluding hydrogens is 294 g/mol. The van der Waals surface area contributed by atoms with Crippen molar-refractivity contribution in [1.29, 1.82) is 0 Å². The van der Waals surface area contributed by atoms with Crippen molar-refractivity contribution in [2.45, 2.75) is 19.1 Å². The molecule has 2 aliphatic heterocycles. The lowest BCUT2D eigenvalue weighted by atomic mass is 9.87. The van der Waals surface area contributed by atoms with E-state index in [2.05, 4.69) is 9.97 Å². The maximum Gasteiger partial charge on any atom is 0.254 e. The zero-order chi connectivity index (χ0) is 16.0. The Kier molecular flexibility index (Phi) is 3.09. The molecular formula is C17H17N3O3. The van der Waals surface area contributed by atoms with Crippen LogP contribution in [0, 0.1) is 6.92 Å². The van der Waals surface area contributed by atoms with Crippen LogP contribution in [0.25, 0.3) is 0 Å². The van der Waals surface area contributed by atoms with E-state index in [0.717, 1.165) is 17.1 Å². The lowest BCUT2D eigenvalue weighted by Gasteiger charge is -2.47. The highest BCUT2D eigenvalue weighted by Gasteiger charge is 2.52. The largest absolute Gasteiger partial charge is 0.497 e. The Hall–Kier alpha value is -2.47. The maximum absolute atomic E-state index is 12.6. The highest BCUT2D eigenvalue weighted by molar-refractivity contribution is 5.95. The minimum atomic E-state index is -0.433. The van der Waals surface area contributed by atoms with Gasteiger partial charge in [-0.25, -0.2) is 9.97 Å². The average molecular weight is 311 g/mol. The van der Waals surface area contributed by atoms with Gasteiger partial charge in [-0.05, 0) is 25.1 Å². The molecule has 23 heavy (non-hydrogen) atoms. The maximum atomic E-state index is 12.6. The summed E-state index contributed by atoms with van der Waals surface area (Å²) in [5.41, 5.74) is 2.14. The first-order chi connectivity index (χ1) is 11.1. The van der Waals surface area contributed by atoms with E-state index in [-0.39, 0.29) is 5.91 Å². The third kappa shape index (κ3) is 2.17. The number of methoxy groups -OCH3 is 1. The van der Waals surface area contributed by atoms with Gasteiger partial charge in [0.1, 0.15) is 17.2 Å². The Bertz CT molecular complexity index is 784. The summed E-state index contributed by atoms with van der Waals surface area (Å²) < 4.78 is 11.1. The van der Waals surface area contributed by atoms with Gasteiger partial charge in [0.05, 0.1) is 32.5 Å². The number of aryl methyl sites for hydroxylation is 1. The molecule has 2 aliphatic rings. The molecule has 4 rings (SSSR count). The molecule has 2 aromatic rings. The van der Waals surface area contributed by atoms with Gasteiger partial charge in [0.25, 0.3) is 5.91 Å². The zero-order valence-corrected chi connectivity index (χ0v) is 13.1. The van der Waals surface area contributed by atoms with Gasteiger partial charge in [-0.3, -0.25) is 4.79 Å². The van der Waals surface area contributed by atoms with Gasteiger partial charge in [-0.15, -0.1) is 0 Å². The SMILES string of the molecule is COc1cccc(C(=O)N2CC3(C2)OCc2nc(C)ncc23)c1. The fraction of sp³-hybridized carbons (Fsp3) is 0.353. The number of carbonyl (C=O) groups is 1. The molecule has 118 valence electrons. The molecule has 3 heterocycles. The van der Waals surface area contributed by atoms with Crippen LogP contribution in [0.1, 0.15) is 27.4 Å². The number of fused-ring (bicyclic) bond motifs is 2. The van der Waals surface area contributed by atoms with Crippen LogP contribution in [0.4, 0.5) is 0 Å². The molecule has 0 bridgehead atoms. The predicted octanol–water partition coefficient (Wildman–Crippen LogP) is 1.68. The van der Waals surface area contributed by atoms with Crippen molar-refractivity contribution in [3.63, 3.8) is 0 Å². The van der Waals surface area contributed by atoms with Crippen molar-refractivity contribution in [2.24, 2.45) is 0 Å². The first-order valence-corrected chi connectivity index (χ1v) is 7.52. The number of ether oxygens (including phenoxy) is 2. The fourth-order valence-corrected chi connectivity index (χ4v) is 3.21. The predicted molar refractivity (Wildman–Crippen MR) is 82.1 cm³/mol. The van der Waals surface area contributed by atoms with Crippen LogP contribution in [0.5, 0.6) is 5.75 Å². The molecule has 1 aromatic carbocycles. The lowest BCUT2D eigenvalue weighted by molar-refractivity contribution is -0.126. The minimum Gasteiger partial charge on any atom is -0.497 e. The van der Waals surface area contributed by atoms with Crippen LogP contribution in [-0.2, 0) is 16.9 Å². The van der Waals surface area contributed by atoms with E-state index in [9.17, 15) is 4.79 Å². The summed E-state index contributed by atoms with van der Waals surface area (Å²) in [4.78, 5) is 23.1. The van der Waals surface area contributed by atoms with Gasteiger partial charge >= 0.3 is 0 Å². The summed E-state index contributed by atoms with van der Waals surface area (Å²) in [6.45, 7) is 3.41. The van der Waals surface area contributed by atoms with Crippen molar-refractivity contribution < 1.29 is 14.3 Å². The molecule has 0 saturated carbocycles. The number of hydrogen-bond acceptors (Lipinski definition) is 5. The van der Waals surface area contributed by atoms with Gasteiger partial charge < -0.3 is 14.4 Å². The van der Waals surface area contributed by atoms with E-state index in [1.54, 1.807) is 24.1 Å². The van der Waals surface area contributed by atoms with Crippen LogP contribution in [0.3, 0.4) is 0 Å². The zero-order valence-electron chi connectivity index (χ0n) is 13.1. The Morgan fingerprint density at radius 2 is 2.22 bits per heavy atom. The standard InChI is InChI=1S/C17H17N3O3/c1-11-18-7-14-15(19-11)8-23-17(14)9-20(10-17)16(21)12-4-3-5-13(6-12)22-2/h3-7H,8-10H2,1-2H3. The van der Waals surface area contributed by atoms with Gasteiger partial charge in [0.15, 0.2) is 0 Å². The normalized spacial score (nSPS) is 17.7. The van der Waals surface area contributed by atoms with E-state index in [1.165, 1.54) is 0 Å². The fourth-order valence-electron chi connectivity index (χ4n) is 3.21. The van der Waals surface area contributed by atoms with Gasteiger partial charge in [0.2, 0.25) is 0 Å². The van der Waals surface area contributed by atoms with E-state index in [4.69, 9.17) is 9.47 Å². The first-order valence-electron chi connectivity index (χ1n) is 7.52. The van der Waals surface area contributed by atoms with Crippen LogP contribution in [0.2, 0.25) is 0 Å². The van der Waals surface area contributed by atoms with Crippen LogP contribution in [0.15, 0.2) is 30.5 Å². The number of rotatable bonds is 2. The number of aromatic nitrogens is 2. The van der Waals surface area contributed by atoms with Crippen molar-refractivity contribution in [3.8, 4) is 5.75 Å². The molecule has 6 heteroatoms. The van der Waals surface area contributed by atoms with E-state index < -0.39 is 5.60 Å². The molecule has 0 aliphatic carbocycles. The molecule has 0 unspecified atom stereocenters. The second-order valence-electron chi connectivity index (χ2n) is 5.95. The summed E-state index contributed by atoms with van der Waals surface area (Å²) >= 11 is 0. The molecule has 6 nitrogen and oxygen atoms in total. The second-order valence-corrected chi connectivity index (χ2v) is 5.95. The van der Waals surface area contributed by atoms with E-state index in [0.29, 0.717) is 31.0 Å². The summed E-state index contributed by atoms with van der Waals surface area (Å²) in [6.07, 6.45) is 1.83. The summed E-state index contributed by atoms with van der Waals surface area (Å²) in [5, 5.41) is 0. The molecule has 1 aromatic heterocycles. The van der Waals surface area contributed by atoms with Crippen LogP contribution >= 0.6 is 0 Å². The molecule has 1 amide bonds. The quantitative estimate of drug-likeness (QED) is 0.844. The summed E-state index contributed by atoms with van der Waals surface area (Å²) in [6, 6.07) is 7.19. The third-order valence-electron chi connectivity index (χ3n) is 4.46. The van der Waals surface area contributed by atoms with Gasteiger partial charge in [-0.2, -0.15) is 0 Å². The smallest absolute Gasteiger partial charge is 0.254 e. The first kappa shape index (κ1) is 14.1. The molecule has 0 atom stereocenters. The monoisotopic (exact) mass is 311 g/mol. The molecule has 0 radical (unpaired) electrons. The molecule has 1 fully saturated rings. The summed E-state index contributed by atoms with van der Waals surface area (Å²) in [5.74, 6) is 1.41. The Morgan fingerprint density at radius 1 is 1.39 bits per heavy atom. The van der Waals surface area contributed by atoms with E-state index >= 15 is 0 Å². The minimum absolute atomic E-state index is 0.0143. The van der Waals surface area contributed by atoms with Crippen molar-refractivity contribution >= 4 is 5.91 Å². The number of likely N-dealkylation sites (tertiary alicyclic amines) is 1. The summed E-state index contributed by atoms with van der Waals surface area (Å²) in [7, 11) is 1.59. The Balaban J connectivity index is 1.53. The number of benzene rings is 1. The van der Waals surface area contributed by atoms with Crippen LogP contribution in [-0.4, -0.2) is 41.0 Å². The molecule has 0 N–H and O–H groups in total. The third-order valence-corrected chi connectivity index (χ3v) is 4.46. The number of carbonyl (C=O) groups excluding carboxylic acids is 1. The highest BCUT2D eigenvalue weighted by Crippen LogP contribution is 2.42. The lowest BCUT2D eigenvalue weighted by Crippen LogP contribution is -2.61. The van der Waals surface area contributed by atoms with Gasteiger partial charge in [-0.1, -0.05) is 6.07 Å². The molecule has 1 saturated heterocycles. The van der Waals surface area contributed by atoms with Crippen molar-refractivity contribution in [3.05, 3.63) is 53.1 Å². The van der Waals surface area contributed by atoms with Crippen LogP contribution < -0.4 is 4.74 Å². The number of hydrogen-bond donors (Lipinski definition) is 0. The number of amides is 1. The molecule has 1 spiro atoms. The van der Waals surface area contributed by atoms with Gasteiger partial charge in [0, 0.05) is 17.3 Å². The average Bonchev–Trinajstić information content (AvgIpc) is 2.91. The van der Waals surface area contributed by atoms with E-state index in [1.807, 2.05) is 25.3 Å². The second kappa shape index (κ2) is 5.03. The topological polar surface area (TPSA) is 64.5 Å². The van der Waals surface area contributed by atoms with Crippen molar-refractivity contribution in [1.82, 2.24) is 14.9 Å². The van der Waals surface area contributed by atoms with Crippen molar-refractivity contribution in [2.75, 3.05) is 20.2 Å².